The maximum absolute atomic E-state index is 8.74. The van der Waals surface area contributed by atoms with Gasteiger partial charge in [-0.15, -0.1) is 0 Å². The van der Waals surface area contributed by atoms with Crippen molar-refractivity contribution in [2.24, 2.45) is 0 Å². The van der Waals surface area contributed by atoms with Gasteiger partial charge in [0.2, 0.25) is 0 Å². The largest absolute Gasteiger partial charge is 0.362 e. The predicted octanol–water partition coefficient (Wildman–Crippen LogP) is 1.15. The summed E-state index contributed by atoms with van der Waals surface area (Å²) in [5.74, 6) is 0. The van der Waals surface area contributed by atoms with E-state index in [0.717, 1.165) is 0 Å². The van der Waals surface area contributed by atoms with Crippen LogP contribution < -0.4 is 0 Å². The molecular formula is C9H10N4. The molecular weight excluding hydrogens is 164 g/mol. The van der Waals surface area contributed by atoms with Crippen LogP contribution in [0.1, 0.15) is 13.8 Å². The molecule has 66 valence electrons. The SMILES string of the molecule is CCN(CC)C(C#N)=C(C#N)C#N. The van der Waals surface area contributed by atoms with Crippen molar-refractivity contribution in [3.8, 4) is 18.2 Å². The highest BCUT2D eigenvalue weighted by Crippen LogP contribution is 2.07. The lowest BCUT2D eigenvalue weighted by Crippen LogP contribution is -2.22. The van der Waals surface area contributed by atoms with Crippen molar-refractivity contribution < 1.29 is 0 Å². The third kappa shape index (κ3) is 2.51. The zero-order valence-electron chi connectivity index (χ0n) is 7.70. The molecule has 0 saturated carbocycles. The topological polar surface area (TPSA) is 74.6 Å². The van der Waals surface area contributed by atoms with E-state index in [4.69, 9.17) is 15.8 Å². The Morgan fingerprint density at radius 1 is 1.00 bits per heavy atom. The third-order valence-electron chi connectivity index (χ3n) is 1.65. The van der Waals surface area contributed by atoms with Crippen molar-refractivity contribution in [1.82, 2.24) is 4.90 Å². The molecule has 0 N–H and O–H groups in total. The van der Waals surface area contributed by atoms with Gasteiger partial charge in [-0.3, -0.25) is 0 Å². The van der Waals surface area contributed by atoms with Crippen LogP contribution in [0.5, 0.6) is 0 Å². The summed E-state index contributed by atoms with van der Waals surface area (Å²) in [7, 11) is 0. The number of allylic oxidation sites excluding steroid dienone is 2. The van der Waals surface area contributed by atoms with Crippen molar-refractivity contribution in [3.05, 3.63) is 11.3 Å². The maximum atomic E-state index is 8.74. The Labute approximate surface area is 77.9 Å². The average molecular weight is 174 g/mol. The minimum Gasteiger partial charge on any atom is -0.362 e. The van der Waals surface area contributed by atoms with Crippen LogP contribution in [0.3, 0.4) is 0 Å². The van der Waals surface area contributed by atoms with Crippen LogP contribution in [0.25, 0.3) is 0 Å². The number of hydrogen-bond donors (Lipinski definition) is 0. The number of nitrogens with zero attached hydrogens (tertiary/aromatic N) is 4. The molecule has 0 aliphatic carbocycles. The molecule has 0 bridgehead atoms. The third-order valence-corrected chi connectivity index (χ3v) is 1.65. The number of hydrogen-bond acceptors (Lipinski definition) is 4. The molecule has 0 aromatic heterocycles. The van der Waals surface area contributed by atoms with Crippen molar-refractivity contribution in [3.63, 3.8) is 0 Å². The van der Waals surface area contributed by atoms with Crippen LogP contribution in [0.2, 0.25) is 0 Å². The van der Waals surface area contributed by atoms with E-state index in [1.54, 1.807) is 17.0 Å². The summed E-state index contributed by atoms with van der Waals surface area (Å²) < 4.78 is 0. The lowest BCUT2D eigenvalue weighted by atomic mass is 10.2. The number of rotatable bonds is 3. The summed E-state index contributed by atoms with van der Waals surface area (Å²) in [6.07, 6.45) is 0. The van der Waals surface area contributed by atoms with E-state index < -0.39 is 0 Å². The average Bonchev–Trinajstić information content (AvgIpc) is 2.18. The standard InChI is InChI=1S/C9H10N4/c1-3-13(4-2)9(7-12)8(5-10)6-11/h3-4H2,1-2H3. The lowest BCUT2D eigenvalue weighted by molar-refractivity contribution is 0.395. The van der Waals surface area contributed by atoms with Gasteiger partial charge in [-0.05, 0) is 13.8 Å². The molecule has 0 aromatic rings. The van der Waals surface area contributed by atoms with Crippen LogP contribution in [0.15, 0.2) is 11.3 Å². The molecule has 0 fully saturated rings. The van der Waals surface area contributed by atoms with E-state index in [2.05, 4.69) is 0 Å². The molecule has 4 heteroatoms. The molecule has 13 heavy (non-hydrogen) atoms. The van der Waals surface area contributed by atoms with E-state index >= 15 is 0 Å². The maximum Gasteiger partial charge on any atom is 0.163 e. The second-order valence-corrected chi connectivity index (χ2v) is 2.23. The minimum atomic E-state index is -0.119. The molecule has 0 aliphatic rings. The molecule has 0 unspecified atom stereocenters. The smallest absolute Gasteiger partial charge is 0.163 e. The summed E-state index contributed by atoms with van der Waals surface area (Å²) in [4.78, 5) is 1.68. The Morgan fingerprint density at radius 2 is 1.46 bits per heavy atom. The molecule has 0 atom stereocenters. The van der Waals surface area contributed by atoms with Gasteiger partial charge in [0.1, 0.15) is 23.9 Å². The molecule has 4 nitrogen and oxygen atoms in total. The first-order valence-electron chi connectivity index (χ1n) is 3.94. The summed E-state index contributed by atoms with van der Waals surface area (Å²) >= 11 is 0. The van der Waals surface area contributed by atoms with Gasteiger partial charge in [0.25, 0.3) is 0 Å². The molecule has 0 radical (unpaired) electrons. The van der Waals surface area contributed by atoms with E-state index in [9.17, 15) is 0 Å². The van der Waals surface area contributed by atoms with Gasteiger partial charge in [0.15, 0.2) is 5.57 Å². The van der Waals surface area contributed by atoms with Gasteiger partial charge >= 0.3 is 0 Å². The fraction of sp³-hybridized carbons (Fsp3) is 0.444. The van der Waals surface area contributed by atoms with Crippen LogP contribution in [-0.4, -0.2) is 18.0 Å². The second kappa shape index (κ2) is 5.63. The highest BCUT2D eigenvalue weighted by molar-refractivity contribution is 5.45. The second-order valence-electron chi connectivity index (χ2n) is 2.23. The molecule has 0 aliphatic heterocycles. The first kappa shape index (κ1) is 11.0. The van der Waals surface area contributed by atoms with Crippen molar-refractivity contribution in [2.45, 2.75) is 13.8 Å². The van der Waals surface area contributed by atoms with Crippen molar-refractivity contribution in [2.75, 3.05) is 13.1 Å². The summed E-state index contributed by atoms with van der Waals surface area (Å²) in [5, 5.41) is 25.9. The van der Waals surface area contributed by atoms with Gasteiger partial charge in [0, 0.05) is 13.1 Å². The summed E-state index contributed by atoms with van der Waals surface area (Å²) in [6, 6.07) is 5.28. The van der Waals surface area contributed by atoms with E-state index in [0.29, 0.717) is 13.1 Å². The van der Waals surface area contributed by atoms with E-state index in [1.807, 2.05) is 19.9 Å². The Balaban J connectivity index is 5.14. The van der Waals surface area contributed by atoms with Crippen molar-refractivity contribution >= 4 is 0 Å². The molecule has 0 spiro atoms. The Kier molecular flexibility index (Phi) is 4.77. The van der Waals surface area contributed by atoms with Gasteiger partial charge in [-0.2, -0.15) is 15.8 Å². The van der Waals surface area contributed by atoms with Crippen LogP contribution >= 0.6 is 0 Å². The Hall–Kier alpha value is -1.99. The van der Waals surface area contributed by atoms with Gasteiger partial charge in [-0.1, -0.05) is 0 Å². The quantitative estimate of drug-likeness (QED) is 0.601. The monoisotopic (exact) mass is 174 g/mol. The molecule has 0 rings (SSSR count). The van der Waals surface area contributed by atoms with Gasteiger partial charge < -0.3 is 4.90 Å². The highest BCUT2D eigenvalue weighted by Gasteiger charge is 2.10. The van der Waals surface area contributed by atoms with E-state index in [-0.39, 0.29) is 11.3 Å². The first-order chi connectivity index (χ1) is 6.24. The normalized spacial score (nSPS) is 7.62. The minimum absolute atomic E-state index is 0.119. The fourth-order valence-electron chi connectivity index (χ4n) is 0.955. The zero-order chi connectivity index (χ0) is 10.3. The first-order valence-corrected chi connectivity index (χ1v) is 3.94. The predicted molar refractivity (Wildman–Crippen MR) is 46.8 cm³/mol. The summed E-state index contributed by atoms with van der Waals surface area (Å²) in [6.45, 7) is 4.97. The van der Waals surface area contributed by atoms with Gasteiger partial charge in [-0.25, -0.2) is 0 Å². The zero-order valence-corrected chi connectivity index (χ0v) is 7.70. The van der Waals surface area contributed by atoms with Crippen molar-refractivity contribution in [1.29, 1.82) is 15.8 Å². The molecule has 0 aromatic carbocycles. The van der Waals surface area contributed by atoms with Crippen LogP contribution in [0.4, 0.5) is 0 Å². The van der Waals surface area contributed by atoms with Gasteiger partial charge in [0.05, 0.1) is 0 Å². The molecule has 0 heterocycles. The Morgan fingerprint density at radius 3 is 1.69 bits per heavy atom. The van der Waals surface area contributed by atoms with E-state index in [1.165, 1.54) is 0 Å². The van der Waals surface area contributed by atoms with Crippen LogP contribution in [0, 0.1) is 34.0 Å². The molecule has 0 amide bonds. The Bertz CT molecular complexity index is 301. The fourth-order valence-corrected chi connectivity index (χ4v) is 0.955. The highest BCUT2D eigenvalue weighted by atomic mass is 15.1. The van der Waals surface area contributed by atoms with Crippen LogP contribution in [-0.2, 0) is 0 Å². The number of nitriles is 3. The lowest BCUT2D eigenvalue weighted by Gasteiger charge is -2.18. The molecule has 0 saturated heterocycles. The summed E-state index contributed by atoms with van der Waals surface area (Å²) in [5.41, 5.74) is 0.0428.